The smallest absolute Gasteiger partial charge is 0.333 e. The molecule has 3 aromatic rings. The fourth-order valence-electron chi connectivity index (χ4n) is 4.48. The molecule has 0 spiro atoms. The number of halogens is 2. The summed E-state index contributed by atoms with van der Waals surface area (Å²) >= 11 is 16.3. The number of benzene rings is 2. The lowest BCUT2D eigenvalue weighted by Crippen LogP contribution is -2.26. The zero-order valence-corrected chi connectivity index (χ0v) is 29.4. The maximum absolute atomic E-state index is 11.4. The number of thioether (sulfide) groups is 2. The Kier molecular flexibility index (Phi) is 16.5. The maximum Gasteiger partial charge on any atom is 0.333 e. The summed E-state index contributed by atoms with van der Waals surface area (Å²) in [6.45, 7) is 6.37. The molecule has 13 heteroatoms. The largest absolute Gasteiger partial charge is 0.479 e. The van der Waals surface area contributed by atoms with Crippen molar-refractivity contribution in [3.63, 3.8) is 0 Å². The average molecular weight is 711 g/mol. The Morgan fingerprint density at radius 3 is 1.91 bits per heavy atom. The fourth-order valence-corrected chi connectivity index (χ4v) is 6.98. The van der Waals surface area contributed by atoms with Crippen molar-refractivity contribution >= 4 is 64.5 Å². The van der Waals surface area contributed by atoms with Gasteiger partial charge in [0, 0.05) is 74.0 Å². The lowest BCUT2D eigenvalue weighted by Gasteiger charge is -2.19. The molecule has 9 nitrogen and oxygen atoms in total. The third kappa shape index (κ3) is 12.6. The molecule has 2 aromatic carbocycles. The van der Waals surface area contributed by atoms with Gasteiger partial charge in [0.25, 0.3) is 0 Å². The first-order valence-corrected chi connectivity index (χ1v) is 17.7. The number of hydrogen-bond acceptors (Lipinski definition) is 9. The zero-order valence-electron chi connectivity index (χ0n) is 26.2. The molecule has 1 aromatic heterocycles. The first kappa shape index (κ1) is 37.9. The van der Waals surface area contributed by atoms with E-state index in [1.165, 1.54) is 0 Å². The number of carboxylic acid groups (broad SMARTS) is 2. The van der Waals surface area contributed by atoms with Crippen molar-refractivity contribution in [2.24, 2.45) is 0 Å². The quantitative estimate of drug-likeness (QED) is 0.0823. The molecule has 46 heavy (non-hydrogen) atoms. The fraction of sp³-hybridized carbons (Fsp3) is 0.424. The third-order valence-electron chi connectivity index (χ3n) is 6.83. The van der Waals surface area contributed by atoms with Gasteiger partial charge in [-0.2, -0.15) is 0 Å². The molecule has 2 unspecified atom stereocenters. The van der Waals surface area contributed by atoms with Gasteiger partial charge < -0.3 is 29.9 Å². The van der Waals surface area contributed by atoms with Crippen molar-refractivity contribution in [3.05, 3.63) is 81.5 Å². The van der Waals surface area contributed by atoms with Crippen molar-refractivity contribution in [2.75, 3.05) is 49.8 Å². The predicted molar refractivity (Wildman–Crippen MR) is 187 cm³/mol. The SMILES string of the molecule is CCOC(Cc1ccc(SCCNCc2cccc(N(C)CCSc3ccc(CC(OCC)C(=O)O)cc3Cl)n2)c(Cl)c1)C(=O)O. The van der Waals surface area contributed by atoms with Crippen molar-refractivity contribution in [2.45, 2.75) is 55.2 Å². The number of pyridine rings is 1. The van der Waals surface area contributed by atoms with Crippen molar-refractivity contribution < 1.29 is 29.3 Å². The summed E-state index contributed by atoms with van der Waals surface area (Å²) in [7, 11) is 2.01. The summed E-state index contributed by atoms with van der Waals surface area (Å²) in [6, 6.07) is 17.3. The summed E-state index contributed by atoms with van der Waals surface area (Å²) in [6.07, 6.45) is -1.23. The van der Waals surface area contributed by atoms with E-state index in [0.717, 1.165) is 57.0 Å². The topological polar surface area (TPSA) is 121 Å². The van der Waals surface area contributed by atoms with Crippen molar-refractivity contribution in [3.8, 4) is 0 Å². The first-order chi connectivity index (χ1) is 22.1. The van der Waals surface area contributed by atoms with Crippen LogP contribution in [-0.2, 0) is 38.4 Å². The number of rotatable bonds is 21. The lowest BCUT2D eigenvalue weighted by molar-refractivity contribution is -0.150. The van der Waals surface area contributed by atoms with Crippen LogP contribution in [0.4, 0.5) is 5.82 Å². The summed E-state index contributed by atoms with van der Waals surface area (Å²) in [5, 5.41) is 23.3. The molecule has 1 heterocycles. The van der Waals surface area contributed by atoms with Gasteiger partial charge in [0.05, 0.1) is 15.7 Å². The minimum Gasteiger partial charge on any atom is -0.479 e. The predicted octanol–water partition coefficient (Wildman–Crippen LogP) is 6.56. The number of anilines is 1. The number of aromatic nitrogens is 1. The van der Waals surface area contributed by atoms with Gasteiger partial charge in [-0.1, -0.05) is 41.4 Å². The second-order valence-electron chi connectivity index (χ2n) is 10.3. The van der Waals surface area contributed by atoms with E-state index < -0.39 is 24.1 Å². The number of aliphatic carboxylic acids is 2. The highest BCUT2D eigenvalue weighted by Gasteiger charge is 2.19. The van der Waals surface area contributed by atoms with Gasteiger partial charge in [0.2, 0.25) is 0 Å². The van der Waals surface area contributed by atoms with Gasteiger partial charge in [-0.3, -0.25) is 0 Å². The number of nitrogens with one attached hydrogen (secondary N) is 1. The van der Waals surface area contributed by atoms with E-state index in [1.54, 1.807) is 37.4 Å². The molecule has 0 aliphatic carbocycles. The van der Waals surface area contributed by atoms with Crippen LogP contribution < -0.4 is 10.2 Å². The number of carbonyl (C=O) groups is 2. The monoisotopic (exact) mass is 709 g/mol. The number of hydrogen-bond donors (Lipinski definition) is 3. The molecule has 0 amide bonds. The van der Waals surface area contributed by atoms with Crippen LogP contribution in [-0.4, -0.2) is 84.2 Å². The van der Waals surface area contributed by atoms with Crippen LogP contribution in [0.1, 0.15) is 30.7 Å². The van der Waals surface area contributed by atoms with Gasteiger partial charge in [0.15, 0.2) is 12.2 Å². The second-order valence-corrected chi connectivity index (χ2v) is 13.4. The number of ether oxygens (including phenoxy) is 2. The number of carboxylic acids is 2. The Labute approximate surface area is 289 Å². The molecule has 0 fully saturated rings. The van der Waals surface area contributed by atoms with Gasteiger partial charge in [-0.25, -0.2) is 14.6 Å². The summed E-state index contributed by atoms with van der Waals surface area (Å²) in [4.78, 5) is 31.5. The van der Waals surface area contributed by atoms with Crippen LogP contribution in [0.3, 0.4) is 0 Å². The van der Waals surface area contributed by atoms with E-state index in [0.29, 0.717) is 29.8 Å². The molecule has 0 bridgehead atoms. The van der Waals surface area contributed by atoms with E-state index in [1.807, 2.05) is 61.6 Å². The van der Waals surface area contributed by atoms with Gasteiger partial charge >= 0.3 is 11.9 Å². The lowest BCUT2D eigenvalue weighted by atomic mass is 10.1. The Bertz CT molecular complexity index is 1430. The minimum atomic E-state index is -0.982. The van der Waals surface area contributed by atoms with E-state index in [4.69, 9.17) is 37.7 Å². The summed E-state index contributed by atoms with van der Waals surface area (Å²) < 4.78 is 10.6. The molecule has 0 radical (unpaired) electrons. The normalized spacial score (nSPS) is 12.5. The van der Waals surface area contributed by atoms with E-state index in [9.17, 15) is 19.8 Å². The molecular formula is C33H41Cl2N3O6S2. The second kappa shape index (κ2) is 20.0. The van der Waals surface area contributed by atoms with Crippen LogP contribution in [0.2, 0.25) is 10.0 Å². The molecule has 0 saturated carbocycles. The molecule has 0 aliphatic heterocycles. The standard InChI is InChI=1S/C33H41Cl2N3O6S2/c1-4-43-27(32(39)40)19-22-9-11-29(25(34)17-22)45-15-13-36-21-24-7-6-8-31(37-24)38(3)14-16-46-30-12-10-23(18-26(30)35)20-28(33(41)42)44-5-2/h6-12,17-18,27-28,36H,4-5,13-16,19-21H2,1-3H3,(H,39,40)(H,41,42). The van der Waals surface area contributed by atoms with Crippen LogP contribution >= 0.6 is 46.7 Å². The highest BCUT2D eigenvalue weighted by Crippen LogP contribution is 2.30. The third-order valence-corrected chi connectivity index (χ3v) is 9.81. The summed E-state index contributed by atoms with van der Waals surface area (Å²) in [5.41, 5.74) is 2.59. The number of nitrogens with zero attached hydrogens (tertiary/aromatic N) is 2. The molecule has 3 rings (SSSR count). The highest BCUT2D eigenvalue weighted by molar-refractivity contribution is 7.99. The van der Waals surface area contributed by atoms with Gasteiger partial charge in [-0.15, -0.1) is 23.5 Å². The molecule has 2 atom stereocenters. The van der Waals surface area contributed by atoms with Crippen LogP contribution in [0.15, 0.2) is 64.4 Å². The van der Waals surface area contributed by atoms with E-state index in [-0.39, 0.29) is 12.8 Å². The van der Waals surface area contributed by atoms with E-state index >= 15 is 0 Å². The minimum absolute atomic E-state index is 0.266. The molecule has 0 aliphatic rings. The van der Waals surface area contributed by atoms with E-state index in [2.05, 4.69) is 10.2 Å². The molecule has 3 N–H and O–H groups in total. The van der Waals surface area contributed by atoms with Gasteiger partial charge in [0.1, 0.15) is 5.82 Å². The Balaban J connectivity index is 1.41. The molecular weight excluding hydrogens is 669 g/mol. The molecule has 0 saturated heterocycles. The Morgan fingerprint density at radius 2 is 1.41 bits per heavy atom. The molecule has 250 valence electrons. The maximum atomic E-state index is 11.4. The summed E-state index contributed by atoms with van der Waals surface area (Å²) in [5.74, 6) is 0.523. The Hall–Kier alpha value is -2.51. The van der Waals surface area contributed by atoms with Gasteiger partial charge in [-0.05, 0) is 61.4 Å². The zero-order chi connectivity index (χ0) is 33.5. The van der Waals surface area contributed by atoms with Crippen molar-refractivity contribution in [1.29, 1.82) is 0 Å². The van der Waals surface area contributed by atoms with Crippen LogP contribution in [0.25, 0.3) is 0 Å². The van der Waals surface area contributed by atoms with Crippen molar-refractivity contribution in [1.82, 2.24) is 10.3 Å². The first-order valence-electron chi connectivity index (χ1n) is 15.0. The average Bonchev–Trinajstić information content (AvgIpc) is 3.02. The highest BCUT2D eigenvalue weighted by atomic mass is 35.5. The van der Waals surface area contributed by atoms with Crippen LogP contribution in [0.5, 0.6) is 0 Å². The Morgan fingerprint density at radius 1 is 0.870 bits per heavy atom. The van der Waals surface area contributed by atoms with Crippen LogP contribution in [0, 0.1) is 0 Å².